The summed E-state index contributed by atoms with van der Waals surface area (Å²) in [4.78, 5) is 9.30. The molecule has 0 bridgehead atoms. The molecular weight excluding hydrogens is 733 g/mol. The van der Waals surface area contributed by atoms with Gasteiger partial charge in [0.1, 0.15) is 36.2 Å². The molecule has 0 spiro atoms. The Morgan fingerprint density at radius 1 is 0.448 bits per heavy atom. The Morgan fingerprint density at radius 2 is 0.810 bits per heavy atom. The Hall–Kier alpha value is -7.86. The molecule has 0 aliphatic carbocycles. The van der Waals surface area contributed by atoms with Crippen molar-refractivity contribution in [3.05, 3.63) is 157 Å². The first-order chi connectivity index (χ1) is 28.6. The summed E-state index contributed by atoms with van der Waals surface area (Å²) in [7, 11) is 3.24. The molecule has 2 aromatic heterocycles. The number of nitrogens with zero attached hydrogens (tertiary/aromatic N) is 6. The van der Waals surface area contributed by atoms with Crippen molar-refractivity contribution < 1.29 is 27.8 Å². The van der Waals surface area contributed by atoms with Crippen LogP contribution in [0.15, 0.2) is 164 Å². The van der Waals surface area contributed by atoms with Gasteiger partial charge in [0.25, 0.3) is 0 Å². The van der Waals surface area contributed by atoms with Gasteiger partial charge in [0.05, 0.1) is 25.6 Å². The second kappa shape index (κ2) is 17.7. The maximum atomic E-state index is 6.03. The SMILES string of the molecule is COc1ccc(OCCOc2ccc(OC)c(C=Nc3ccc(-c4nnc(-c5ccccc5)o4)cc3)c2)cc1C=Nc1ccc(-c2nnc(-c3ccccc3)o2)cc1. The lowest BCUT2D eigenvalue weighted by Gasteiger charge is -2.12. The van der Waals surface area contributed by atoms with Gasteiger partial charge in [-0.25, -0.2) is 0 Å². The zero-order valence-corrected chi connectivity index (χ0v) is 31.6. The highest BCUT2D eigenvalue weighted by Gasteiger charge is 2.12. The van der Waals surface area contributed by atoms with Gasteiger partial charge >= 0.3 is 0 Å². The molecule has 0 N–H and O–H groups in total. The maximum Gasteiger partial charge on any atom is 0.248 e. The standard InChI is InChI=1S/C46H36N6O6/c1-53-41-23-21-39(27-35(41)29-47-37-17-13-33(14-18-37)45-51-49-43(57-45)31-9-5-3-6-10-31)55-25-26-56-40-22-24-42(54-2)36(28-40)30-48-38-19-15-34(16-20-38)46-52-50-44(58-46)32-11-7-4-8-12-32/h3-24,27-30H,25-26H2,1-2H3. The van der Waals surface area contributed by atoms with Crippen molar-refractivity contribution in [3.8, 4) is 68.8 Å². The molecular formula is C46H36N6O6. The largest absolute Gasteiger partial charge is 0.496 e. The van der Waals surface area contributed by atoms with E-state index in [1.54, 1.807) is 26.6 Å². The fourth-order valence-corrected chi connectivity index (χ4v) is 5.87. The lowest BCUT2D eigenvalue weighted by Crippen LogP contribution is -2.09. The van der Waals surface area contributed by atoms with Gasteiger partial charge in [0, 0.05) is 45.8 Å². The molecule has 0 atom stereocenters. The maximum absolute atomic E-state index is 6.03. The van der Waals surface area contributed by atoms with E-state index in [0.717, 1.165) is 44.8 Å². The van der Waals surface area contributed by atoms with Crippen LogP contribution in [-0.2, 0) is 0 Å². The molecule has 12 nitrogen and oxygen atoms in total. The van der Waals surface area contributed by atoms with Crippen molar-refractivity contribution in [2.75, 3.05) is 27.4 Å². The normalized spacial score (nSPS) is 11.3. The molecule has 12 heteroatoms. The molecule has 0 radical (unpaired) electrons. The van der Waals surface area contributed by atoms with Gasteiger partial charge in [-0.15, -0.1) is 20.4 Å². The molecule has 0 saturated heterocycles. The van der Waals surface area contributed by atoms with Crippen LogP contribution in [0.1, 0.15) is 11.1 Å². The minimum absolute atomic E-state index is 0.306. The Kier molecular flexibility index (Phi) is 11.3. The summed E-state index contributed by atoms with van der Waals surface area (Å²) >= 11 is 0. The number of hydrogen-bond acceptors (Lipinski definition) is 12. The lowest BCUT2D eigenvalue weighted by molar-refractivity contribution is 0.217. The average Bonchev–Trinajstić information content (AvgIpc) is 3.99. The smallest absolute Gasteiger partial charge is 0.248 e. The molecule has 8 rings (SSSR count). The third-order valence-corrected chi connectivity index (χ3v) is 8.85. The van der Waals surface area contributed by atoms with E-state index in [-0.39, 0.29) is 0 Å². The van der Waals surface area contributed by atoms with Crippen LogP contribution in [0, 0.1) is 0 Å². The van der Waals surface area contributed by atoms with Crippen LogP contribution >= 0.6 is 0 Å². The zero-order valence-electron chi connectivity index (χ0n) is 31.6. The van der Waals surface area contributed by atoms with E-state index in [1.807, 2.05) is 146 Å². The Morgan fingerprint density at radius 3 is 1.17 bits per heavy atom. The number of ether oxygens (including phenoxy) is 4. The van der Waals surface area contributed by atoms with Gasteiger partial charge in [-0.3, -0.25) is 9.98 Å². The van der Waals surface area contributed by atoms with Gasteiger partial charge in [0.2, 0.25) is 23.6 Å². The first kappa shape index (κ1) is 37.1. The number of rotatable bonds is 15. The monoisotopic (exact) mass is 768 g/mol. The van der Waals surface area contributed by atoms with Gasteiger partial charge in [-0.2, -0.15) is 0 Å². The summed E-state index contributed by atoms with van der Waals surface area (Å²) in [5, 5.41) is 16.8. The van der Waals surface area contributed by atoms with Crippen molar-refractivity contribution in [2.45, 2.75) is 0 Å². The summed E-state index contributed by atoms with van der Waals surface area (Å²) in [5.41, 5.74) is 6.33. The van der Waals surface area contributed by atoms with E-state index in [1.165, 1.54) is 0 Å². The van der Waals surface area contributed by atoms with Crippen molar-refractivity contribution >= 4 is 23.8 Å². The second-order valence-electron chi connectivity index (χ2n) is 12.7. The van der Waals surface area contributed by atoms with Crippen molar-refractivity contribution in [2.24, 2.45) is 9.98 Å². The first-order valence-electron chi connectivity index (χ1n) is 18.3. The van der Waals surface area contributed by atoms with Crippen molar-refractivity contribution in [1.29, 1.82) is 0 Å². The fraction of sp³-hybridized carbons (Fsp3) is 0.0870. The zero-order chi connectivity index (χ0) is 39.5. The average molecular weight is 769 g/mol. The number of benzene rings is 6. The van der Waals surface area contributed by atoms with E-state index in [4.69, 9.17) is 27.8 Å². The van der Waals surface area contributed by atoms with Gasteiger partial charge in [-0.1, -0.05) is 36.4 Å². The first-order valence-corrected chi connectivity index (χ1v) is 18.3. The Balaban J connectivity index is 0.853. The molecule has 0 aliphatic rings. The molecule has 8 aromatic rings. The molecule has 6 aromatic carbocycles. The summed E-state index contributed by atoms with van der Waals surface area (Å²) in [6.07, 6.45) is 3.48. The molecule has 2 heterocycles. The quantitative estimate of drug-likeness (QED) is 0.0731. The fourth-order valence-electron chi connectivity index (χ4n) is 5.87. The van der Waals surface area contributed by atoms with Crippen LogP contribution in [0.25, 0.3) is 45.8 Å². The van der Waals surface area contributed by atoms with Gasteiger partial charge in [-0.05, 0) is 109 Å². The third-order valence-electron chi connectivity index (χ3n) is 8.85. The minimum atomic E-state index is 0.306. The number of methoxy groups -OCH3 is 2. The lowest BCUT2D eigenvalue weighted by atomic mass is 10.2. The van der Waals surface area contributed by atoms with E-state index in [0.29, 0.717) is 59.8 Å². The van der Waals surface area contributed by atoms with Crippen LogP contribution in [-0.4, -0.2) is 60.3 Å². The molecule has 0 fully saturated rings. The van der Waals surface area contributed by atoms with E-state index in [9.17, 15) is 0 Å². The predicted molar refractivity (Wildman–Crippen MR) is 222 cm³/mol. The summed E-state index contributed by atoms with van der Waals surface area (Å²) in [5.74, 6) is 4.43. The minimum Gasteiger partial charge on any atom is -0.496 e. The van der Waals surface area contributed by atoms with Gasteiger partial charge < -0.3 is 27.8 Å². The predicted octanol–water partition coefficient (Wildman–Crippen LogP) is 10.1. The van der Waals surface area contributed by atoms with Crippen LogP contribution < -0.4 is 18.9 Å². The highest BCUT2D eigenvalue weighted by molar-refractivity contribution is 5.87. The number of hydrogen-bond donors (Lipinski definition) is 0. The number of aromatic nitrogens is 4. The van der Waals surface area contributed by atoms with Crippen molar-refractivity contribution in [3.63, 3.8) is 0 Å². The second-order valence-corrected chi connectivity index (χ2v) is 12.7. The van der Waals surface area contributed by atoms with Gasteiger partial charge in [0.15, 0.2) is 0 Å². The van der Waals surface area contributed by atoms with E-state index >= 15 is 0 Å². The highest BCUT2D eigenvalue weighted by Crippen LogP contribution is 2.29. The highest BCUT2D eigenvalue weighted by atomic mass is 16.5. The van der Waals surface area contributed by atoms with E-state index in [2.05, 4.69) is 30.4 Å². The summed E-state index contributed by atoms with van der Waals surface area (Å²) in [6, 6.07) is 45.5. The van der Waals surface area contributed by atoms with Crippen molar-refractivity contribution in [1.82, 2.24) is 20.4 Å². The molecule has 286 valence electrons. The summed E-state index contributed by atoms with van der Waals surface area (Å²) in [6.45, 7) is 0.613. The van der Waals surface area contributed by atoms with E-state index < -0.39 is 0 Å². The molecule has 0 unspecified atom stereocenters. The Bertz CT molecular complexity index is 2460. The van der Waals surface area contributed by atoms with Crippen LogP contribution in [0.2, 0.25) is 0 Å². The third kappa shape index (κ3) is 8.98. The van der Waals surface area contributed by atoms with Crippen LogP contribution in [0.3, 0.4) is 0 Å². The molecule has 58 heavy (non-hydrogen) atoms. The number of aliphatic imine (C=N–C) groups is 2. The summed E-state index contributed by atoms with van der Waals surface area (Å²) < 4.78 is 35.0. The molecule has 0 saturated carbocycles. The molecule has 0 aliphatic heterocycles. The topological polar surface area (TPSA) is 139 Å². The van der Waals surface area contributed by atoms with Crippen LogP contribution in [0.5, 0.6) is 23.0 Å². The Labute approximate surface area is 334 Å². The van der Waals surface area contributed by atoms with Crippen LogP contribution in [0.4, 0.5) is 11.4 Å². The molecule has 0 amide bonds.